The molecule has 2 N–H and O–H groups in total. The quantitative estimate of drug-likeness (QED) is 0.567. The fraction of sp³-hybridized carbons (Fsp3) is 0.471. The Kier molecular flexibility index (Phi) is 7.89. The molecule has 0 aromatic heterocycles. The summed E-state index contributed by atoms with van der Waals surface area (Å²) in [6.45, 7) is 6.00. The van der Waals surface area contributed by atoms with Crippen LogP contribution < -0.4 is 10.7 Å². The van der Waals surface area contributed by atoms with Crippen molar-refractivity contribution in [2.75, 3.05) is 5.32 Å². The molecule has 0 saturated heterocycles. The second-order valence-corrected chi connectivity index (χ2v) is 5.27. The minimum atomic E-state index is -0.251. The molecule has 120 valence electrons. The molecule has 1 rings (SSSR count). The highest BCUT2D eigenvalue weighted by Gasteiger charge is 2.06. The summed E-state index contributed by atoms with van der Waals surface area (Å²) in [5.74, 6) is -0.252. The van der Waals surface area contributed by atoms with Crippen molar-refractivity contribution in [2.24, 2.45) is 5.10 Å². The summed E-state index contributed by atoms with van der Waals surface area (Å²) in [4.78, 5) is 23.5. The number of hydrogen-bond acceptors (Lipinski definition) is 3. The molecule has 0 radical (unpaired) electrons. The molecule has 0 atom stereocenters. The summed E-state index contributed by atoms with van der Waals surface area (Å²) < 4.78 is 0. The first-order chi connectivity index (χ1) is 10.6. The Balaban J connectivity index is 2.55. The van der Waals surface area contributed by atoms with Crippen LogP contribution >= 0.6 is 0 Å². The lowest BCUT2D eigenvalue weighted by atomic mass is 10.2. The summed E-state index contributed by atoms with van der Waals surface area (Å²) in [5.41, 5.74) is 4.64. The third-order valence-electron chi connectivity index (χ3n) is 3.15. The molecule has 0 heterocycles. The predicted molar refractivity (Wildman–Crippen MR) is 90.1 cm³/mol. The summed E-state index contributed by atoms with van der Waals surface area (Å²) in [7, 11) is 0. The molecule has 5 heteroatoms. The lowest BCUT2D eigenvalue weighted by Gasteiger charge is -2.06. The zero-order chi connectivity index (χ0) is 16.4. The number of amides is 2. The number of nitrogens with one attached hydrogen (secondary N) is 2. The maximum atomic E-state index is 11.9. The van der Waals surface area contributed by atoms with Gasteiger partial charge in [-0.15, -0.1) is 0 Å². The van der Waals surface area contributed by atoms with Crippen LogP contribution in [0.3, 0.4) is 0 Å². The van der Waals surface area contributed by atoms with Crippen LogP contribution in [0.15, 0.2) is 29.4 Å². The van der Waals surface area contributed by atoms with Gasteiger partial charge in [-0.2, -0.15) is 5.10 Å². The van der Waals surface area contributed by atoms with Crippen LogP contribution in [0, 0.1) is 0 Å². The number of hydrogen-bond donors (Lipinski definition) is 2. The van der Waals surface area contributed by atoms with Crippen molar-refractivity contribution in [3.05, 3.63) is 29.8 Å². The van der Waals surface area contributed by atoms with Gasteiger partial charge >= 0.3 is 0 Å². The molecule has 1 aromatic rings. The number of anilines is 1. The maximum Gasteiger partial charge on any atom is 0.271 e. The van der Waals surface area contributed by atoms with Crippen molar-refractivity contribution < 1.29 is 9.59 Å². The van der Waals surface area contributed by atoms with E-state index in [1.165, 1.54) is 0 Å². The predicted octanol–water partition coefficient (Wildman–Crippen LogP) is 3.72. The number of unbranched alkanes of at least 4 members (excludes halogenated alkanes) is 1. The topological polar surface area (TPSA) is 70.6 Å². The highest BCUT2D eigenvalue weighted by Crippen LogP contribution is 2.10. The number of rotatable bonds is 8. The average molecular weight is 303 g/mol. The largest absolute Gasteiger partial charge is 0.326 e. The number of benzene rings is 1. The minimum Gasteiger partial charge on any atom is -0.326 e. The van der Waals surface area contributed by atoms with Crippen molar-refractivity contribution in [1.29, 1.82) is 0 Å². The van der Waals surface area contributed by atoms with Gasteiger partial charge in [-0.1, -0.05) is 26.7 Å². The van der Waals surface area contributed by atoms with Gasteiger partial charge in [0.05, 0.1) is 0 Å². The molecule has 2 amide bonds. The number of carbonyl (C=O) groups is 2. The van der Waals surface area contributed by atoms with E-state index < -0.39 is 0 Å². The Morgan fingerprint density at radius 1 is 1.05 bits per heavy atom. The highest BCUT2D eigenvalue weighted by molar-refractivity contribution is 5.96. The molecule has 0 aliphatic heterocycles. The average Bonchev–Trinajstić information content (AvgIpc) is 2.51. The SMILES string of the molecule is CCCCC(=O)Nc1ccc(C(=O)N/N=C(\C)CCC)cc1. The van der Waals surface area contributed by atoms with E-state index in [-0.39, 0.29) is 11.8 Å². The Morgan fingerprint density at radius 2 is 1.73 bits per heavy atom. The molecule has 0 aliphatic rings. The molecule has 0 bridgehead atoms. The van der Waals surface area contributed by atoms with Crippen molar-refractivity contribution in [1.82, 2.24) is 5.43 Å². The van der Waals surface area contributed by atoms with Crippen LogP contribution in [0.2, 0.25) is 0 Å². The van der Waals surface area contributed by atoms with Gasteiger partial charge in [-0.3, -0.25) is 9.59 Å². The Morgan fingerprint density at radius 3 is 2.32 bits per heavy atom. The fourth-order valence-corrected chi connectivity index (χ4v) is 1.89. The smallest absolute Gasteiger partial charge is 0.271 e. The molecule has 1 aromatic carbocycles. The van der Waals surface area contributed by atoms with E-state index >= 15 is 0 Å². The summed E-state index contributed by atoms with van der Waals surface area (Å²) >= 11 is 0. The van der Waals surface area contributed by atoms with E-state index in [1.54, 1.807) is 24.3 Å². The van der Waals surface area contributed by atoms with E-state index in [0.717, 1.165) is 31.4 Å². The Hall–Kier alpha value is -2.17. The van der Waals surface area contributed by atoms with Crippen LogP contribution in [-0.2, 0) is 4.79 Å². The fourth-order valence-electron chi connectivity index (χ4n) is 1.89. The molecule has 0 aliphatic carbocycles. The molecular formula is C17H25N3O2. The summed E-state index contributed by atoms with van der Waals surface area (Å²) in [6.07, 6.45) is 4.25. The van der Waals surface area contributed by atoms with Gasteiger partial charge in [0.15, 0.2) is 0 Å². The standard InChI is InChI=1S/C17H25N3O2/c1-4-6-8-16(21)18-15-11-9-14(10-12-15)17(22)20-19-13(3)7-5-2/h9-12H,4-8H2,1-3H3,(H,18,21)(H,20,22)/b19-13+. The Bertz CT molecular complexity index is 521. The van der Waals surface area contributed by atoms with Crippen molar-refractivity contribution in [3.8, 4) is 0 Å². The van der Waals surface area contributed by atoms with Crippen LogP contribution in [0.4, 0.5) is 5.69 Å². The van der Waals surface area contributed by atoms with E-state index in [2.05, 4.69) is 22.8 Å². The van der Waals surface area contributed by atoms with Gasteiger partial charge in [0.25, 0.3) is 5.91 Å². The van der Waals surface area contributed by atoms with E-state index in [4.69, 9.17) is 0 Å². The molecule has 5 nitrogen and oxygen atoms in total. The first-order valence-corrected chi connectivity index (χ1v) is 7.80. The monoisotopic (exact) mass is 303 g/mol. The van der Waals surface area contributed by atoms with Gasteiger partial charge in [0, 0.05) is 23.4 Å². The number of hydrazone groups is 1. The number of nitrogens with zero attached hydrogens (tertiary/aromatic N) is 1. The van der Waals surface area contributed by atoms with Gasteiger partial charge in [0.2, 0.25) is 5.91 Å². The molecular weight excluding hydrogens is 278 g/mol. The summed E-state index contributed by atoms with van der Waals surface area (Å²) in [6, 6.07) is 6.80. The second-order valence-electron chi connectivity index (χ2n) is 5.27. The maximum absolute atomic E-state index is 11.9. The highest BCUT2D eigenvalue weighted by atomic mass is 16.2. The van der Waals surface area contributed by atoms with Gasteiger partial charge in [-0.25, -0.2) is 5.43 Å². The van der Waals surface area contributed by atoms with Crippen LogP contribution in [0.25, 0.3) is 0 Å². The third-order valence-corrected chi connectivity index (χ3v) is 3.15. The van der Waals surface area contributed by atoms with Gasteiger partial charge < -0.3 is 5.32 Å². The minimum absolute atomic E-state index is 0.00107. The zero-order valence-electron chi connectivity index (χ0n) is 13.6. The molecule has 0 spiro atoms. The number of carbonyl (C=O) groups excluding carboxylic acids is 2. The lowest BCUT2D eigenvalue weighted by Crippen LogP contribution is -2.19. The van der Waals surface area contributed by atoms with Crippen molar-refractivity contribution in [3.63, 3.8) is 0 Å². The molecule has 0 saturated carbocycles. The third kappa shape index (κ3) is 6.52. The molecule has 0 fully saturated rings. The van der Waals surface area contributed by atoms with Crippen molar-refractivity contribution >= 4 is 23.2 Å². The van der Waals surface area contributed by atoms with Crippen LogP contribution in [-0.4, -0.2) is 17.5 Å². The van der Waals surface area contributed by atoms with Crippen molar-refractivity contribution in [2.45, 2.75) is 52.9 Å². The first kappa shape index (κ1) is 17.9. The van der Waals surface area contributed by atoms with Crippen LogP contribution in [0.5, 0.6) is 0 Å². The molecule has 0 unspecified atom stereocenters. The Labute approximate surface area is 132 Å². The first-order valence-electron chi connectivity index (χ1n) is 7.80. The lowest BCUT2D eigenvalue weighted by molar-refractivity contribution is -0.116. The molecule has 22 heavy (non-hydrogen) atoms. The zero-order valence-corrected chi connectivity index (χ0v) is 13.6. The van der Waals surface area contributed by atoms with E-state index in [0.29, 0.717) is 17.7 Å². The second kappa shape index (κ2) is 9.71. The van der Waals surface area contributed by atoms with Crippen LogP contribution in [0.1, 0.15) is 63.2 Å². The normalized spacial score (nSPS) is 11.1. The summed E-state index contributed by atoms with van der Waals surface area (Å²) in [5, 5.41) is 6.85. The van der Waals surface area contributed by atoms with E-state index in [1.807, 2.05) is 13.8 Å². The van der Waals surface area contributed by atoms with Gasteiger partial charge in [0.1, 0.15) is 0 Å². The van der Waals surface area contributed by atoms with E-state index in [9.17, 15) is 9.59 Å². The van der Waals surface area contributed by atoms with Gasteiger partial charge in [-0.05, 0) is 44.0 Å².